The number of halogens is 2. The van der Waals surface area contributed by atoms with E-state index >= 15 is 0 Å². The van der Waals surface area contributed by atoms with Crippen LogP contribution in [0.5, 0.6) is 0 Å². The molecule has 30 heavy (non-hydrogen) atoms. The summed E-state index contributed by atoms with van der Waals surface area (Å²) >= 11 is 12.4. The second-order valence-corrected chi connectivity index (χ2v) is 8.43. The second-order valence-electron chi connectivity index (χ2n) is 7.55. The Balaban J connectivity index is 1.62. The molecule has 5 nitrogen and oxygen atoms in total. The molecule has 0 bridgehead atoms. The maximum Gasteiger partial charge on any atom is 0.120 e. The van der Waals surface area contributed by atoms with Crippen molar-refractivity contribution in [1.29, 1.82) is 0 Å². The summed E-state index contributed by atoms with van der Waals surface area (Å²) < 4.78 is 6.51. The van der Waals surface area contributed by atoms with Gasteiger partial charge in [0.1, 0.15) is 11.9 Å². The molecule has 0 unspecified atom stereocenters. The molecule has 3 atom stereocenters. The molecule has 3 aromatic rings. The summed E-state index contributed by atoms with van der Waals surface area (Å²) in [6.45, 7) is 1.51. The predicted octanol–water partition coefficient (Wildman–Crippen LogP) is 5.17. The summed E-state index contributed by atoms with van der Waals surface area (Å²) in [5, 5.41) is 11.1. The fourth-order valence-corrected chi connectivity index (χ4v) is 4.74. The normalized spacial score (nSPS) is 20.9. The topological polar surface area (TPSA) is 61.4 Å². The van der Waals surface area contributed by atoms with Gasteiger partial charge in [0.2, 0.25) is 0 Å². The van der Waals surface area contributed by atoms with E-state index < -0.39 is 6.10 Å². The van der Waals surface area contributed by atoms with Crippen LogP contribution in [0.2, 0.25) is 10.0 Å². The number of imidazole rings is 1. The number of aliphatic hydroxyl groups excluding tert-OH is 1. The van der Waals surface area contributed by atoms with Crippen molar-refractivity contribution in [2.45, 2.75) is 37.6 Å². The highest BCUT2D eigenvalue weighted by Crippen LogP contribution is 2.37. The van der Waals surface area contributed by atoms with E-state index in [0.717, 1.165) is 30.8 Å². The molecule has 0 spiro atoms. The van der Waals surface area contributed by atoms with Crippen molar-refractivity contribution in [3.8, 4) is 0 Å². The van der Waals surface area contributed by atoms with Crippen molar-refractivity contribution >= 4 is 23.2 Å². The van der Waals surface area contributed by atoms with Crippen molar-refractivity contribution < 1.29 is 9.84 Å². The zero-order valence-electron chi connectivity index (χ0n) is 16.5. The molecule has 1 aromatic heterocycles. The van der Waals surface area contributed by atoms with Gasteiger partial charge < -0.3 is 14.8 Å². The van der Waals surface area contributed by atoms with Gasteiger partial charge in [-0.2, -0.15) is 0 Å². The first-order chi connectivity index (χ1) is 14.6. The fraction of sp³-hybridized carbons (Fsp3) is 0.348. The Morgan fingerprint density at radius 3 is 2.60 bits per heavy atom. The Hall–Kier alpha value is -1.89. The Bertz CT molecular complexity index is 917. The Kier molecular flexibility index (Phi) is 7.08. The van der Waals surface area contributed by atoms with E-state index in [1.165, 1.54) is 5.56 Å². The smallest absolute Gasteiger partial charge is 0.120 e. The molecule has 1 aliphatic heterocycles. The van der Waals surface area contributed by atoms with Crippen LogP contribution in [0.15, 0.2) is 60.9 Å². The van der Waals surface area contributed by atoms with Crippen LogP contribution in [0.4, 0.5) is 0 Å². The third-order valence-corrected chi connectivity index (χ3v) is 5.93. The molecule has 0 aliphatic carbocycles. The zero-order valence-corrected chi connectivity index (χ0v) is 18.1. The molecule has 0 saturated carbocycles. The summed E-state index contributed by atoms with van der Waals surface area (Å²) in [5.41, 5.74) is 1.97. The molecule has 2 N–H and O–H groups in total. The van der Waals surface area contributed by atoms with E-state index in [9.17, 15) is 5.11 Å². The van der Waals surface area contributed by atoms with E-state index in [-0.39, 0.29) is 18.8 Å². The van der Waals surface area contributed by atoms with E-state index in [2.05, 4.69) is 27.0 Å². The standard InChI is InChI=1S/C23H25Cl2N3O2/c24-18-11-17(12-19(25)13-18)21(15-29)30-20-7-4-10-28(14-22-26-8-9-27-22)23(20)16-5-2-1-3-6-16/h1-3,5-6,8-9,11-13,20-21,23,29H,4,7,10,14-15H2,(H,26,27)/t20-,21+,23-/m0/s1. The van der Waals surface area contributed by atoms with Gasteiger partial charge in [-0.15, -0.1) is 0 Å². The SMILES string of the molecule is OC[C@@H](O[C@H]1CCCN(Cc2ncc[nH]2)[C@H]1c1ccccc1)c1cc(Cl)cc(Cl)c1. The molecule has 158 valence electrons. The maximum absolute atomic E-state index is 10.1. The van der Waals surface area contributed by atoms with Gasteiger partial charge in [-0.05, 0) is 48.7 Å². The van der Waals surface area contributed by atoms with Crippen LogP contribution >= 0.6 is 23.2 Å². The second kappa shape index (κ2) is 9.94. The van der Waals surface area contributed by atoms with E-state index in [1.807, 2.05) is 24.4 Å². The monoisotopic (exact) mass is 445 g/mol. The van der Waals surface area contributed by atoms with Crippen molar-refractivity contribution in [2.75, 3.05) is 13.2 Å². The molecule has 2 aromatic carbocycles. The molecule has 7 heteroatoms. The third-order valence-electron chi connectivity index (χ3n) is 5.49. The van der Waals surface area contributed by atoms with Gasteiger partial charge in [0.15, 0.2) is 0 Å². The average molecular weight is 446 g/mol. The summed E-state index contributed by atoms with van der Waals surface area (Å²) in [6, 6.07) is 15.7. The largest absolute Gasteiger partial charge is 0.393 e. The number of hydrogen-bond acceptors (Lipinski definition) is 4. The number of ether oxygens (including phenoxy) is 1. The highest BCUT2D eigenvalue weighted by Gasteiger charge is 2.35. The fourth-order valence-electron chi connectivity index (χ4n) is 4.20. The number of nitrogens with one attached hydrogen (secondary N) is 1. The van der Waals surface area contributed by atoms with Crippen LogP contribution in [0.1, 0.15) is 41.9 Å². The molecular weight excluding hydrogens is 421 g/mol. The molecule has 2 heterocycles. The minimum absolute atomic E-state index is 0.0498. The van der Waals surface area contributed by atoms with Gasteiger partial charge in [0.25, 0.3) is 0 Å². The lowest BCUT2D eigenvalue weighted by molar-refractivity contribution is -0.101. The molecule has 1 fully saturated rings. The number of benzene rings is 2. The lowest BCUT2D eigenvalue weighted by Crippen LogP contribution is -2.43. The summed E-state index contributed by atoms with van der Waals surface area (Å²) in [5.74, 6) is 0.928. The third kappa shape index (κ3) is 5.05. The van der Waals surface area contributed by atoms with E-state index in [0.29, 0.717) is 16.6 Å². The minimum Gasteiger partial charge on any atom is -0.393 e. The Morgan fingerprint density at radius 2 is 1.93 bits per heavy atom. The number of aliphatic hydroxyl groups is 1. The van der Waals surface area contributed by atoms with Crippen LogP contribution in [-0.4, -0.2) is 39.2 Å². The van der Waals surface area contributed by atoms with Crippen molar-refractivity contribution in [2.24, 2.45) is 0 Å². The molecule has 4 rings (SSSR count). The van der Waals surface area contributed by atoms with Gasteiger partial charge >= 0.3 is 0 Å². The van der Waals surface area contributed by atoms with Crippen LogP contribution in [0.25, 0.3) is 0 Å². The van der Waals surface area contributed by atoms with Crippen LogP contribution in [-0.2, 0) is 11.3 Å². The molecule has 1 aliphatic rings. The molecule has 1 saturated heterocycles. The maximum atomic E-state index is 10.1. The number of aromatic nitrogens is 2. The van der Waals surface area contributed by atoms with Crippen molar-refractivity contribution in [3.63, 3.8) is 0 Å². The highest BCUT2D eigenvalue weighted by molar-refractivity contribution is 6.34. The lowest BCUT2D eigenvalue weighted by Gasteiger charge is -2.42. The number of H-pyrrole nitrogens is 1. The molecular formula is C23H25Cl2N3O2. The highest BCUT2D eigenvalue weighted by atomic mass is 35.5. The lowest BCUT2D eigenvalue weighted by atomic mass is 9.91. The Labute approximate surface area is 186 Å². The van der Waals surface area contributed by atoms with E-state index in [4.69, 9.17) is 27.9 Å². The first-order valence-corrected chi connectivity index (χ1v) is 10.9. The first kappa shape index (κ1) is 21.3. The van der Waals surface area contributed by atoms with Gasteiger partial charge in [-0.3, -0.25) is 4.90 Å². The number of likely N-dealkylation sites (tertiary alicyclic amines) is 1. The Morgan fingerprint density at radius 1 is 1.17 bits per heavy atom. The number of nitrogens with zero attached hydrogens (tertiary/aromatic N) is 2. The number of hydrogen-bond donors (Lipinski definition) is 2. The van der Waals surface area contributed by atoms with Crippen LogP contribution in [0.3, 0.4) is 0 Å². The molecule has 0 amide bonds. The number of rotatable bonds is 7. The minimum atomic E-state index is -0.499. The van der Waals surface area contributed by atoms with Crippen molar-refractivity contribution in [1.82, 2.24) is 14.9 Å². The quantitative estimate of drug-likeness (QED) is 0.526. The number of piperidine rings is 1. The summed E-state index contributed by atoms with van der Waals surface area (Å²) in [7, 11) is 0. The average Bonchev–Trinajstić information content (AvgIpc) is 3.25. The van der Waals surface area contributed by atoms with Crippen LogP contribution < -0.4 is 0 Å². The number of aromatic amines is 1. The van der Waals surface area contributed by atoms with Gasteiger partial charge in [-0.25, -0.2) is 4.98 Å². The first-order valence-electron chi connectivity index (χ1n) is 10.1. The zero-order chi connectivity index (χ0) is 20.9. The van der Waals surface area contributed by atoms with Gasteiger partial charge in [-0.1, -0.05) is 53.5 Å². The molecule has 0 radical (unpaired) electrons. The van der Waals surface area contributed by atoms with Crippen LogP contribution in [0, 0.1) is 0 Å². The van der Waals surface area contributed by atoms with Gasteiger partial charge in [0, 0.05) is 22.4 Å². The summed E-state index contributed by atoms with van der Waals surface area (Å²) in [4.78, 5) is 9.99. The van der Waals surface area contributed by atoms with Gasteiger partial charge in [0.05, 0.1) is 25.3 Å². The van der Waals surface area contributed by atoms with Crippen molar-refractivity contribution in [3.05, 3.63) is 87.9 Å². The predicted molar refractivity (Wildman–Crippen MR) is 119 cm³/mol. The summed E-state index contributed by atoms with van der Waals surface area (Å²) in [6.07, 6.45) is 4.93. The van der Waals surface area contributed by atoms with E-state index in [1.54, 1.807) is 24.4 Å².